The first-order valence-corrected chi connectivity index (χ1v) is 7.41. The van der Waals surface area contributed by atoms with Crippen molar-refractivity contribution >= 4 is 40.9 Å². The number of nitrogens with zero attached hydrogens (tertiary/aromatic N) is 1. The Hall–Kier alpha value is -1.63. The molecule has 0 saturated carbocycles. The van der Waals surface area contributed by atoms with Crippen LogP contribution in [0.3, 0.4) is 0 Å². The van der Waals surface area contributed by atoms with E-state index in [1.165, 1.54) is 11.3 Å². The van der Waals surface area contributed by atoms with Gasteiger partial charge in [0.2, 0.25) is 0 Å². The summed E-state index contributed by atoms with van der Waals surface area (Å²) in [5.74, 6) is 0. The summed E-state index contributed by atoms with van der Waals surface area (Å²) >= 11 is 3.17. The summed E-state index contributed by atoms with van der Waals surface area (Å²) in [6.07, 6.45) is 4.04. The van der Waals surface area contributed by atoms with Crippen molar-refractivity contribution in [1.29, 1.82) is 0 Å². The molecule has 0 bridgehead atoms. The Balaban J connectivity index is 2.09. The van der Waals surface area contributed by atoms with Gasteiger partial charge in [-0.05, 0) is 47.5 Å². The summed E-state index contributed by atoms with van der Waals surface area (Å²) in [6.45, 7) is 1.73. The van der Waals surface area contributed by atoms with Crippen molar-refractivity contribution in [1.82, 2.24) is 5.06 Å². The first-order valence-electron chi connectivity index (χ1n) is 5.65. The maximum Gasteiger partial charge on any atom is 0.339 e. The highest BCUT2D eigenvalue weighted by Crippen LogP contribution is 2.27. The van der Waals surface area contributed by atoms with E-state index >= 15 is 0 Å². The second-order valence-corrected chi connectivity index (χ2v) is 5.92. The van der Waals surface area contributed by atoms with Gasteiger partial charge in [-0.25, -0.2) is 4.79 Å². The van der Waals surface area contributed by atoms with Crippen molar-refractivity contribution in [3.8, 4) is 0 Å². The van der Waals surface area contributed by atoms with Crippen LogP contribution in [-0.2, 0) is 0 Å². The average molecular weight is 294 g/mol. The van der Waals surface area contributed by atoms with Crippen LogP contribution in [-0.4, -0.2) is 16.3 Å². The Morgan fingerprint density at radius 3 is 2.84 bits per heavy atom. The molecule has 0 aliphatic rings. The fourth-order valence-corrected chi connectivity index (χ4v) is 3.12. The van der Waals surface area contributed by atoms with Gasteiger partial charge in [-0.3, -0.25) is 5.21 Å². The van der Waals surface area contributed by atoms with Gasteiger partial charge in [0.25, 0.3) is 0 Å². The zero-order chi connectivity index (χ0) is 13.8. The SMILES string of the molecule is CC(c1ccc(/C=C/c2ccsc2)s1)N(O)C(N)=O. The minimum absolute atomic E-state index is 0.439. The maximum absolute atomic E-state index is 10.9. The van der Waals surface area contributed by atoms with Gasteiger partial charge < -0.3 is 5.73 Å². The molecule has 0 fully saturated rings. The number of rotatable bonds is 4. The number of thiophene rings is 2. The molecule has 0 aliphatic carbocycles. The Labute approximate surface area is 119 Å². The smallest absolute Gasteiger partial charge is 0.339 e. The molecule has 2 rings (SSSR count). The lowest BCUT2D eigenvalue weighted by Gasteiger charge is -2.18. The third-order valence-electron chi connectivity index (χ3n) is 2.64. The predicted molar refractivity (Wildman–Crippen MR) is 79.2 cm³/mol. The minimum atomic E-state index is -0.851. The molecule has 2 aromatic rings. The summed E-state index contributed by atoms with van der Waals surface area (Å²) in [4.78, 5) is 12.8. The van der Waals surface area contributed by atoms with Crippen LogP contribution in [0.4, 0.5) is 4.79 Å². The summed E-state index contributed by atoms with van der Waals surface area (Å²) in [5.41, 5.74) is 6.19. The summed E-state index contributed by atoms with van der Waals surface area (Å²) in [6, 6.07) is 4.59. The number of primary amides is 1. The average Bonchev–Trinajstić information content (AvgIpc) is 3.05. The molecule has 2 aromatic heterocycles. The summed E-state index contributed by atoms with van der Waals surface area (Å²) in [5, 5.41) is 14.1. The van der Waals surface area contributed by atoms with E-state index < -0.39 is 12.1 Å². The van der Waals surface area contributed by atoms with Crippen molar-refractivity contribution in [2.75, 3.05) is 0 Å². The zero-order valence-corrected chi connectivity index (χ0v) is 11.9. The molecule has 1 unspecified atom stereocenters. The number of carbonyl (C=O) groups is 1. The second-order valence-electron chi connectivity index (χ2n) is 3.99. The van der Waals surface area contributed by atoms with Crippen LogP contribution in [0.5, 0.6) is 0 Å². The number of hydrogen-bond donors (Lipinski definition) is 2. The van der Waals surface area contributed by atoms with E-state index in [2.05, 4.69) is 5.38 Å². The van der Waals surface area contributed by atoms with Crippen molar-refractivity contribution in [2.45, 2.75) is 13.0 Å². The van der Waals surface area contributed by atoms with Gasteiger partial charge in [0, 0.05) is 9.75 Å². The van der Waals surface area contributed by atoms with Crippen LogP contribution in [0.1, 0.15) is 28.3 Å². The van der Waals surface area contributed by atoms with Gasteiger partial charge >= 0.3 is 6.03 Å². The van der Waals surface area contributed by atoms with E-state index in [0.717, 1.165) is 15.3 Å². The lowest BCUT2D eigenvalue weighted by molar-refractivity contribution is -0.0700. The Morgan fingerprint density at radius 2 is 2.21 bits per heavy atom. The highest BCUT2D eigenvalue weighted by molar-refractivity contribution is 7.13. The molecule has 19 heavy (non-hydrogen) atoms. The molecule has 4 nitrogen and oxygen atoms in total. The fourth-order valence-electron chi connectivity index (χ4n) is 1.54. The van der Waals surface area contributed by atoms with E-state index in [-0.39, 0.29) is 0 Å². The molecule has 2 amide bonds. The van der Waals surface area contributed by atoms with Gasteiger partial charge in [0.05, 0.1) is 6.04 Å². The number of hydrogen-bond acceptors (Lipinski definition) is 4. The van der Waals surface area contributed by atoms with Crippen molar-refractivity contribution in [3.05, 3.63) is 44.3 Å². The Morgan fingerprint density at radius 1 is 1.42 bits per heavy atom. The second kappa shape index (κ2) is 6.01. The van der Waals surface area contributed by atoms with Gasteiger partial charge in [-0.1, -0.05) is 6.08 Å². The Bertz CT molecular complexity index is 575. The Kier molecular flexibility index (Phi) is 4.36. The van der Waals surface area contributed by atoms with Gasteiger partial charge in [-0.15, -0.1) is 11.3 Å². The lowest BCUT2D eigenvalue weighted by atomic mass is 10.2. The standard InChI is InChI=1S/C13H14N2O2S2/c1-9(15(17)13(14)16)12-5-4-11(19-12)3-2-10-6-7-18-8-10/h2-9,17H,1H3,(H2,14,16)/b3-2+. The molecule has 100 valence electrons. The number of carbonyl (C=O) groups excluding carboxylic acids is 1. The van der Waals surface area contributed by atoms with E-state index in [1.807, 2.05) is 35.7 Å². The van der Waals surface area contributed by atoms with Gasteiger partial charge in [0.15, 0.2) is 0 Å². The van der Waals surface area contributed by atoms with Crippen LogP contribution >= 0.6 is 22.7 Å². The van der Waals surface area contributed by atoms with Crippen molar-refractivity contribution in [2.24, 2.45) is 5.73 Å². The highest BCUT2D eigenvalue weighted by atomic mass is 32.1. The molecule has 0 aromatic carbocycles. The molecule has 0 aliphatic heterocycles. The summed E-state index contributed by atoms with van der Waals surface area (Å²) in [7, 11) is 0. The molecule has 0 spiro atoms. The fraction of sp³-hybridized carbons (Fsp3) is 0.154. The monoisotopic (exact) mass is 294 g/mol. The van der Waals surface area contributed by atoms with E-state index in [1.54, 1.807) is 18.3 Å². The van der Waals surface area contributed by atoms with Gasteiger partial charge in [-0.2, -0.15) is 16.4 Å². The molecule has 3 N–H and O–H groups in total. The summed E-state index contributed by atoms with van der Waals surface area (Å²) < 4.78 is 0. The number of nitrogens with two attached hydrogens (primary N) is 1. The maximum atomic E-state index is 10.9. The van der Waals surface area contributed by atoms with E-state index in [0.29, 0.717) is 5.06 Å². The predicted octanol–water partition coefficient (Wildman–Crippen LogP) is 3.81. The topological polar surface area (TPSA) is 66.6 Å². The van der Waals surface area contributed by atoms with Crippen LogP contribution < -0.4 is 5.73 Å². The number of hydroxylamine groups is 2. The van der Waals surface area contributed by atoms with Crippen LogP contribution in [0.15, 0.2) is 29.0 Å². The molecule has 6 heteroatoms. The van der Waals surface area contributed by atoms with Crippen molar-refractivity contribution < 1.29 is 10.0 Å². The third-order valence-corrected chi connectivity index (χ3v) is 4.56. The molecular weight excluding hydrogens is 280 g/mol. The first-order chi connectivity index (χ1) is 9.08. The first kappa shape index (κ1) is 13.8. The minimum Gasteiger partial charge on any atom is -0.350 e. The third kappa shape index (κ3) is 3.44. The molecule has 0 radical (unpaired) electrons. The number of urea groups is 1. The normalized spacial score (nSPS) is 12.7. The largest absolute Gasteiger partial charge is 0.350 e. The van der Waals surface area contributed by atoms with Crippen molar-refractivity contribution in [3.63, 3.8) is 0 Å². The zero-order valence-electron chi connectivity index (χ0n) is 10.3. The molecule has 0 saturated heterocycles. The quantitative estimate of drug-likeness (QED) is 0.665. The van der Waals surface area contributed by atoms with Gasteiger partial charge in [0.1, 0.15) is 0 Å². The van der Waals surface area contributed by atoms with Crippen LogP contribution in [0.2, 0.25) is 0 Å². The molecule has 1 atom stereocenters. The van der Waals surface area contributed by atoms with E-state index in [4.69, 9.17) is 5.73 Å². The van der Waals surface area contributed by atoms with Crippen LogP contribution in [0, 0.1) is 0 Å². The molecular formula is C13H14N2O2S2. The highest BCUT2D eigenvalue weighted by Gasteiger charge is 2.18. The lowest BCUT2D eigenvalue weighted by Crippen LogP contribution is -2.34. The molecule has 2 heterocycles. The number of amides is 2. The van der Waals surface area contributed by atoms with E-state index in [9.17, 15) is 10.0 Å². The van der Waals surface area contributed by atoms with Crippen LogP contribution in [0.25, 0.3) is 12.2 Å².